The number of anilines is 2. The molecule has 2 aromatic rings. The number of benzene rings is 2. The van der Waals surface area contributed by atoms with Gasteiger partial charge in [0.25, 0.3) is 5.91 Å². The van der Waals surface area contributed by atoms with E-state index in [9.17, 15) is 18.0 Å². The van der Waals surface area contributed by atoms with Gasteiger partial charge in [-0.1, -0.05) is 0 Å². The van der Waals surface area contributed by atoms with Crippen LogP contribution in [-0.4, -0.2) is 5.91 Å². The number of hydrogen-bond acceptors (Lipinski definition) is 2. The Bertz CT molecular complexity index is 706. The molecule has 1 amide bonds. The third kappa shape index (κ3) is 2.99. The third-order valence-electron chi connectivity index (χ3n) is 3.14. The van der Waals surface area contributed by atoms with Crippen LogP contribution in [0.15, 0.2) is 24.3 Å². The minimum Gasteiger partial charge on any atom is -0.398 e. The highest BCUT2D eigenvalue weighted by Crippen LogP contribution is 2.22. The number of amides is 1. The zero-order chi connectivity index (χ0) is 15.7. The molecule has 0 aliphatic heterocycles. The molecule has 0 aliphatic carbocycles. The Kier molecular flexibility index (Phi) is 3.88. The summed E-state index contributed by atoms with van der Waals surface area (Å²) in [6, 6.07) is 4.10. The molecule has 0 spiro atoms. The minimum absolute atomic E-state index is 0.0732. The van der Waals surface area contributed by atoms with Crippen LogP contribution < -0.4 is 11.1 Å². The van der Waals surface area contributed by atoms with Crippen molar-refractivity contribution in [3.05, 3.63) is 58.4 Å². The van der Waals surface area contributed by atoms with E-state index in [0.29, 0.717) is 0 Å². The second kappa shape index (κ2) is 5.47. The molecule has 0 aromatic heterocycles. The molecule has 2 rings (SSSR count). The smallest absolute Gasteiger partial charge is 0.255 e. The molecule has 3 N–H and O–H groups in total. The predicted molar refractivity (Wildman–Crippen MR) is 74.6 cm³/mol. The Balaban J connectivity index is 2.32. The zero-order valence-corrected chi connectivity index (χ0v) is 11.4. The molecule has 3 nitrogen and oxygen atoms in total. The molecule has 110 valence electrons. The average molecular weight is 294 g/mol. The molecule has 6 heteroatoms. The van der Waals surface area contributed by atoms with Crippen LogP contribution in [0.25, 0.3) is 0 Å². The van der Waals surface area contributed by atoms with Gasteiger partial charge < -0.3 is 11.1 Å². The number of carbonyl (C=O) groups excluding carboxylic acids is 1. The van der Waals surface area contributed by atoms with Crippen molar-refractivity contribution in [2.75, 3.05) is 11.1 Å². The van der Waals surface area contributed by atoms with Gasteiger partial charge in [0.2, 0.25) is 0 Å². The third-order valence-corrected chi connectivity index (χ3v) is 3.14. The highest BCUT2D eigenvalue weighted by atomic mass is 19.1. The first-order valence-corrected chi connectivity index (χ1v) is 6.12. The van der Waals surface area contributed by atoms with Crippen LogP contribution >= 0.6 is 0 Å². The first kappa shape index (κ1) is 14.9. The first-order chi connectivity index (χ1) is 9.79. The average Bonchev–Trinajstić information content (AvgIpc) is 2.41. The lowest BCUT2D eigenvalue weighted by molar-refractivity contribution is 0.102. The molecule has 0 heterocycles. The Hall–Kier alpha value is -2.50. The quantitative estimate of drug-likeness (QED) is 0.832. The maximum atomic E-state index is 13.6. The molecule has 0 bridgehead atoms. The molecule has 0 fully saturated rings. The first-order valence-electron chi connectivity index (χ1n) is 6.12. The number of halogens is 3. The number of carbonyl (C=O) groups is 1. The predicted octanol–water partition coefficient (Wildman–Crippen LogP) is 3.56. The van der Waals surface area contributed by atoms with Gasteiger partial charge >= 0.3 is 0 Å². The highest BCUT2D eigenvalue weighted by Gasteiger charge is 2.14. The van der Waals surface area contributed by atoms with Crippen LogP contribution in [0.1, 0.15) is 21.5 Å². The van der Waals surface area contributed by atoms with E-state index < -0.39 is 23.4 Å². The number of nitrogens with two attached hydrogens (primary N) is 1. The van der Waals surface area contributed by atoms with Gasteiger partial charge in [0.15, 0.2) is 0 Å². The maximum absolute atomic E-state index is 13.6. The van der Waals surface area contributed by atoms with Crippen molar-refractivity contribution in [2.24, 2.45) is 0 Å². The van der Waals surface area contributed by atoms with Gasteiger partial charge in [0, 0.05) is 22.9 Å². The van der Waals surface area contributed by atoms with E-state index in [1.54, 1.807) is 0 Å². The summed E-state index contributed by atoms with van der Waals surface area (Å²) >= 11 is 0. The van der Waals surface area contributed by atoms with Crippen LogP contribution in [0.5, 0.6) is 0 Å². The van der Waals surface area contributed by atoms with E-state index in [1.165, 1.54) is 19.9 Å². The monoisotopic (exact) mass is 294 g/mol. The largest absolute Gasteiger partial charge is 0.398 e. The van der Waals surface area contributed by atoms with E-state index in [-0.39, 0.29) is 28.1 Å². The van der Waals surface area contributed by atoms with E-state index in [2.05, 4.69) is 5.32 Å². The summed E-state index contributed by atoms with van der Waals surface area (Å²) in [5.41, 5.74) is 5.63. The lowest BCUT2D eigenvalue weighted by Gasteiger charge is -2.10. The summed E-state index contributed by atoms with van der Waals surface area (Å²) < 4.78 is 40.6. The Morgan fingerprint density at radius 3 is 2.29 bits per heavy atom. The van der Waals surface area contributed by atoms with Crippen molar-refractivity contribution in [3.8, 4) is 0 Å². The van der Waals surface area contributed by atoms with Gasteiger partial charge in [-0.2, -0.15) is 0 Å². The molecule has 2 aromatic carbocycles. The van der Waals surface area contributed by atoms with Gasteiger partial charge in [-0.05, 0) is 37.6 Å². The fraction of sp³-hybridized carbons (Fsp3) is 0.133. The number of aryl methyl sites for hydroxylation is 1. The molecule has 0 unspecified atom stereocenters. The Morgan fingerprint density at radius 1 is 1.00 bits per heavy atom. The SMILES string of the molecule is Cc1cc(F)c(NC(=O)c2cc(N)c(C)c(F)c2)cc1F. The van der Waals surface area contributed by atoms with Crippen LogP contribution in [0.3, 0.4) is 0 Å². The second-order valence-corrected chi connectivity index (χ2v) is 4.71. The minimum atomic E-state index is -0.775. The highest BCUT2D eigenvalue weighted by molar-refractivity contribution is 6.05. The summed E-state index contributed by atoms with van der Waals surface area (Å²) in [7, 11) is 0. The number of nitrogens with one attached hydrogen (secondary N) is 1. The fourth-order valence-electron chi connectivity index (χ4n) is 1.77. The van der Waals surface area contributed by atoms with Gasteiger partial charge in [0.1, 0.15) is 17.5 Å². The van der Waals surface area contributed by atoms with Crippen molar-refractivity contribution in [1.82, 2.24) is 0 Å². The number of nitrogen functional groups attached to an aromatic ring is 1. The van der Waals surface area contributed by atoms with Crippen molar-refractivity contribution in [1.29, 1.82) is 0 Å². The summed E-state index contributed by atoms with van der Waals surface area (Å²) in [5, 5.41) is 2.19. The molecule has 0 aliphatic rings. The number of hydrogen-bond donors (Lipinski definition) is 2. The maximum Gasteiger partial charge on any atom is 0.255 e. The summed E-state index contributed by atoms with van der Waals surface area (Å²) in [6.45, 7) is 2.88. The van der Waals surface area contributed by atoms with Crippen molar-refractivity contribution in [2.45, 2.75) is 13.8 Å². The zero-order valence-electron chi connectivity index (χ0n) is 11.4. The van der Waals surface area contributed by atoms with Gasteiger partial charge in [0.05, 0.1) is 5.69 Å². The van der Waals surface area contributed by atoms with Crippen LogP contribution in [0.2, 0.25) is 0 Å². The lowest BCUT2D eigenvalue weighted by atomic mass is 10.1. The summed E-state index contributed by atoms with van der Waals surface area (Å²) in [6.07, 6.45) is 0. The topological polar surface area (TPSA) is 55.1 Å². The number of rotatable bonds is 2. The molecule has 21 heavy (non-hydrogen) atoms. The molecule has 0 saturated heterocycles. The van der Waals surface area contributed by atoms with Crippen LogP contribution in [-0.2, 0) is 0 Å². The molecular formula is C15H13F3N2O. The molecular weight excluding hydrogens is 281 g/mol. The summed E-state index contributed by atoms with van der Waals surface area (Å²) in [4.78, 5) is 12.0. The Labute approximate surface area is 119 Å². The van der Waals surface area contributed by atoms with Crippen molar-refractivity contribution < 1.29 is 18.0 Å². The van der Waals surface area contributed by atoms with Crippen molar-refractivity contribution in [3.63, 3.8) is 0 Å². The van der Waals surface area contributed by atoms with Crippen molar-refractivity contribution >= 4 is 17.3 Å². The van der Waals surface area contributed by atoms with E-state index in [0.717, 1.165) is 18.2 Å². The van der Waals surface area contributed by atoms with E-state index in [1.807, 2.05) is 0 Å². The normalized spacial score (nSPS) is 10.5. The van der Waals surface area contributed by atoms with E-state index >= 15 is 0 Å². The van der Waals surface area contributed by atoms with Gasteiger partial charge in [-0.25, -0.2) is 13.2 Å². The molecule has 0 radical (unpaired) electrons. The van der Waals surface area contributed by atoms with Gasteiger partial charge in [-0.3, -0.25) is 4.79 Å². The van der Waals surface area contributed by atoms with E-state index in [4.69, 9.17) is 5.73 Å². The fourth-order valence-corrected chi connectivity index (χ4v) is 1.77. The second-order valence-electron chi connectivity index (χ2n) is 4.71. The van der Waals surface area contributed by atoms with Crippen LogP contribution in [0, 0.1) is 31.3 Å². The molecule has 0 saturated carbocycles. The lowest BCUT2D eigenvalue weighted by Crippen LogP contribution is -2.14. The Morgan fingerprint density at radius 2 is 1.67 bits per heavy atom. The molecule has 0 atom stereocenters. The summed E-state index contributed by atoms with van der Waals surface area (Å²) in [5.74, 6) is -2.84. The standard InChI is InChI=1S/C15H13F3N2O/c1-7-3-12(18)14(6-10(7)16)20-15(21)9-4-11(17)8(2)13(19)5-9/h3-6H,19H2,1-2H3,(H,20,21). The van der Waals surface area contributed by atoms with Gasteiger partial charge in [-0.15, -0.1) is 0 Å². The van der Waals surface area contributed by atoms with Crippen LogP contribution in [0.4, 0.5) is 24.5 Å².